The van der Waals surface area contributed by atoms with Gasteiger partial charge in [-0.1, -0.05) is 84.2 Å². The number of carbonyl (C=O) groups is 1. The fourth-order valence-corrected chi connectivity index (χ4v) is 5.36. The van der Waals surface area contributed by atoms with Crippen molar-refractivity contribution >= 4 is 64.1 Å². The van der Waals surface area contributed by atoms with Gasteiger partial charge in [0.25, 0.3) is 5.91 Å². The van der Waals surface area contributed by atoms with E-state index in [0.717, 1.165) is 5.56 Å². The molecule has 0 radical (unpaired) electrons. The number of nitrogens with one attached hydrogen (secondary N) is 1. The standard InChI is InChI=1S/C24H24Cl4N4OS/c1-4-9-32-22(30-31-24(32)34-13-15-5-6-16(25)11-19(15)27)21(10-14(2)3)29-23(33)18-8-7-17(26)12-20(18)28/h4-8,11-12,14,21H,1,9-10,13H2,2-3H3,(H,29,33)/t21-/m0/s1. The molecular formula is C24H24Cl4N4OS. The van der Waals surface area contributed by atoms with Crippen molar-refractivity contribution in [3.63, 3.8) is 0 Å². The Morgan fingerprint density at radius 2 is 1.76 bits per heavy atom. The summed E-state index contributed by atoms with van der Waals surface area (Å²) < 4.78 is 1.96. The number of nitrogens with zero attached hydrogens (tertiary/aromatic N) is 3. The fraction of sp³-hybridized carbons (Fsp3) is 0.292. The largest absolute Gasteiger partial charge is 0.342 e. The number of aromatic nitrogens is 3. The van der Waals surface area contributed by atoms with Crippen molar-refractivity contribution in [2.75, 3.05) is 0 Å². The number of hydrogen-bond acceptors (Lipinski definition) is 4. The van der Waals surface area contributed by atoms with Gasteiger partial charge in [0.15, 0.2) is 11.0 Å². The molecule has 180 valence electrons. The van der Waals surface area contributed by atoms with Crippen molar-refractivity contribution in [2.24, 2.45) is 5.92 Å². The van der Waals surface area contributed by atoms with Gasteiger partial charge in [0, 0.05) is 27.4 Å². The zero-order valence-electron chi connectivity index (χ0n) is 18.7. The first-order chi connectivity index (χ1) is 16.2. The molecule has 0 unspecified atom stereocenters. The second-order valence-electron chi connectivity index (χ2n) is 8.04. The van der Waals surface area contributed by atoms with E-state index < -0.39 is 0 Å². The summed E-state index contributed by atoms with van der Waals surface area (Å²) in [5.74, 6) is 1.23. The lowest BCUT2D eigenvalue weighted by atomic mass is 10.0. The summed E-state index contributed by atoms with van der Waals surface area (Å²) >= 11 is 26.1. The highest BCUT2D eigenvalue weighted by Crippen LogP contribution is 2.31. The van der Waals surface area contributed by atoms with Gasteiger partial charge in [-0.2, -0.15) is 0 Å². The predicted molar refractivity (Wildman–Crippen MR) is 142 cm³/mol. The molecule has 34 heavy (non-hydrogen) atoms. The SMILES string of the molecule is C=CCn1c(SCc2ccc(Cl)cc2Cl)nnc1[C@H](CC(C)C)NC(=O)c1ccc(Cl)cc1Cl. The second-order valence-corrected chi connectivity index (χ2v) is 10.7. The van der Waals surface area contributed by atoms with E-state index >= 15 is 0 Å². The first kappa shape index (κ1) is 26.9. The molecule has 3 aromatic rings. The number of thioether (sulfide) groups is 1. The summed E-state index contributed by atoms with van der Waals surface area (Å²) in [6.45, 7) is 8.53. The van der Waals surface area contributed by atoms with Gasteiger partial charge in [-0.25, -0.2) is 0 Å². The van der Waals surface area contributed by atoms with Crippen molar-refractivity contribution in [3.8, 4) is 0 Å². The Hall–Kier alpha value is -1.70. The van der Waals surface area contributed by atoms with Crippen LogP contribution < -0.4 is 5.32 Å². The van der Waals surface area contributed by atoms with Gasteiger partial charge < -0.3 is 9.88 Å². The van der Waals surface area contributed by atoms with Crippen molar-refractivity contribution in [3.05, 3.63) is 86.1 Å². The fourth-order valence-electron chi connectivity index (χ4n) is 3.36. The Balaban J connectivity index is 1.87. The van der Waals surface area contributed by atoms with Gasteiger partial charge in [0.1, 0.15) is 0 Å². The van der Waals surface area contributed by atoms with Crippen molar-refractivity contribution < 1.29 is 4.79 Å². The molecule has 0 aliphatic heterocycles. The highest BCUT2D eigenvalue weighted by molar-refractivity contribution is 7.98. The molecule has 0 fully saturated rings. The molecule has 10 heteroatoms. The minimum atomic E-state index is -0.375. The van der Waals surface area contributed by atoms with Gasteiger partial charge in [-0.3, -0.25) is 4.79 Å². The van der Waals surface area contributed by atoms with E-state index in [4.69, 9.17) is 46.4 Å². The molecule has 0 saturated carbocycles. The molecular weight excluding hydrogens is 534 g/mol. The van der Waals surface area contributed by atoms with Crippen molar-refractivity contribution in [1.82, 2.24) is 20.1 Å². The Kier molecular flexibility index (Phi) is 9.74. The monoisotopic (exact) mass is 556 g/mol. The maximum atomic E-state index is 13.0. The first-order valence-electron chi connectivity index (χ1n) is 10.6. The Morgan fingerprint density at radius 3 is 2.38 bits per heavy atom. The zero-order valence-corrected chi connectivity index (χ0v) is 22.5. The van der Waals surface area contributed by atoms with Crippen LogP contribution in [0.4, 0.5) is 0 Å². The smallest absolute Gasteiger partial charge is 0.253 e. The molecule has 0 aliphatic carbocycles. The van der Waals surface area contributed by atoms with Gasteiger partial charge >= 0.3 is 0 Å². The highest BCUT2D eigenvalue weighted by Gasteiger charge is 2.25. The Bertz CT molecular complexity index is 1180. The predicted octanol–water partition coefficient (Wildman–Crippen LogP) is 7.89. The third kappa shape index (κ3) is 6.92. The van der Waals surface area contributed by atoms with Gasteiger partial charge in [-0.05, 0) is 48.2 Å². The minimum absolute atomic E-state index is 0.289. The van der Waals surface area contributed by atoms with Gasteiger partial charge in [-0.15, -0.1) is 16.8 Å². The van der Waals surface area contributed by atoms with E-state index in [-0.39, 0.29) is 17.0 Å². The maximum Gasteiger partial charge on any atom is 0.253 e. The molecule has 3 rings (SSSR count). The lowest BCUT2D eigenvalue weighted by Crippen LogP contribution is -2.32. The molecule has 1 amide bonds. The van der Waals surface area contributed by atoms with E-state index in [1.54, 1.807) is 36.4 Å². The molecule has 1 N–H and O–H groups in total. The third-order valence-corrected chi connectivity index (χ3v) is 7.08. The highest BCUT2D eigenvalue weighted by atomic mass is 35.5. The molecule has 5 nitrogen and oxygen atoms in total. The quantitative estimate of drug-likeness (QED) is 0.203. The summed E-state index contributed by atoms with van der Waals surface area (Å²) in [6, 6.07) is 9.83. The van der Waals surface area contributed by atoms with E-state index in [9.17, 15) is 4.79 Å². The van der Waals surface area contributed by atoms with Crippen LogP contribution in [-0.2, 0) is 12.3 Å². The Labute approximate surface area is 223 Å². The molecule has 2 aromatic carbocycles. The van der Waals surface area contributed by atoms with Crippen LogP contribution in [0, 0.1) is 5.92 Å². The molecule has 1 heterocycles. The summed E-state index contributed by atoms with van der Waals surface area (Å²) in [6.07, 6.45) is 2.44. The normalized spacial score (nSPS) is 12.1. The van der Waals surface area contributed by atoms with Crippen LogP contribution in [-0.4, -0.2) is 20.7 Å². The van der Waals surface area contributed by atoms with Crippen LogP contribution in [0.3, 0.4) is 0 Å². The summed E-state index contributed by atoms with van der Waals surface area (Å²) in [5, 5.41) is 14.6. The van der Waals surface area contributed by atoms with E-state index in [2.05, 4.69) is 35.9 Å². The third-order valence-electron chi connectivity index (χ3n) is 4.93. The number of hydrogen-bond donors (Lipinski definition) is 1. The summed E-state index contributed by atoms with van der Waals surface area (Å²) in [7, 11) is 0. The van der Waals surface area contributed by atoms with Crippen LogP contribution in [0.25, 0.3) is 0 Å². The lowest BCUT2D eigenvalue weighted by molar-refractivity contribution is 0.0929. The lowest BCUT2D eigenvalue weighted by Gasteiger charge is -2.21. The van der Waals surface area contributed by atoms with Crippen molar-refractivity contribution in [1.29, 1.82) is 0 Å². The van der Waals surface area contributed by atoms with Crippen molar-refractivity contribution in [2.45, 2.75) is 43.8 Å². The molecule has 0 saturated heterocycles. The number of benzene rings is 2. The average Bonchev–Trinajstić information content (AvgIpc) is 3.15. The summed E-state index contributed by atoms with van der Waals surface area (Å²) in [4.78, 5) is 13.0. The number of halogens is 4. The molecule has 0 bridgehead atoms. The van der Waals surface area contributed by atoms with Crippen LogP contribution >= 0.6 is 58.2 Å². The molecule has 0 aliphatic rings. The minimum Gasteiger partial charge on any atom is -0.342 e. The van der Waals surface area contributed by atoms with Crippen LogP contribution in [0.2, 0.25) is 20.1 Å². The van der Waals surface area contributed by atoms with Crippen LogP contribution in [0.1, 0.15) is 48.1 Å². The number of rotatable bonds is 10. The van der Waals surface area contributed by atoms with E-state index in [1.165, 1.54) is 11.8 Å². The van der Waals surface area contributed by atoms with Gasteiger partial charge in [0.05, 0.1) is 16.6 Å². The second kappa shape index (κ2) is 12.3. The van der Waals surface area contributed by atoms with E-state index in [0.29, 0.717) is 56.2 Å². The Morgan fingerprint density at radius 1 is 1.09 bits per heavy atom. The molecule has 1 aromatic heterocycles. The molecule has 1 atom stereocenters. The molecule has 0 spiro atoms. The summed E-state index contributed by atoms with van der Waals surface area (Å²) in [5.41, 5.74) is 1.29. The number of amides is 1. The zero-order chi connectivity index (χ0) is 24.8. The number of allylic oxidation sites excluding steroid dienone is 1. The van der Waals surface area contributed by atoms with Gasteiger partial charge in [0.2, 0.25) is 0 Å². The van der Waals surface area contributed by atoms with E-state index in [1.807, 2.05) is 10.6 Å². The first-order valence-corrected chi connectivity index (χ1v) is 13.1. The van der Waals surface area contributed by atoms with Crippen LogP contribution in [0.5, 0.6) is 0 Å². The number of carbonyl (C=O) groups excluding carboxylic acids is 1. The van der Waals surface area contributed by atoms with Crippen LogP contribution in [0.15, 0.2) is 54.2 Å². The maximum absolute atomic E-state index is 13.0. The average molecular weight is 558 g/mol. The topological polar surface area (TPSA) is 59.8 Å².